The Hall–Kier alpha value is -2.91. The van der Waals surface area contributed by atoms with Gasteiger partial charge in [-0.25, -0.2) is 9.97 Å². The minimum atomic E-state index is 0.681. The van der Waals surface area contributed by atoms with Crippen LogP contribution in [0.25, 0.3) is 22.3 Å². The molecular formula is C26H24ClN3. The summed E-state index contributed by atoms with van der Waals surface area (Å²) in [6.45, 7) is 2.03. The van der Waals surface area contributed by atoms with Crippen LogP contribution in [0.3, 0.4) is 0 Å². The van der Waals surface area contributed by atoms with Gasteiger partial charge in [-0.15, -0.1) is 0 Å². The highest BCUT2D eigenvalue weighted by Crippen LogP contribution is 2.33. The van der Waals surface area contributed by atoms with Crippen molar-refractivity contribution in [1.82, 2.24) is 9.97 Å². The normalized spacial score (nSPS) is 14.9. The molecule has 30 heavy (non-hydrogen) atoms. The number of nitrogens with zero attached hydrogens (tertiary/aromatic N) is 3. The molecule has 3 aromatic carbocycles. The molecule has 4 heteroatoms. The number of rotatable bonds is 4. The Morgan fingerprint density at radius 2 is 1.50 bits per heavy atom. The zero-order valence-electron chi connectivity index (χ0n) is 16.8. The standard InChI is InChI=1S/C26H24ClN3/c27-23-12-6-4-10-21(23)25-28-24-13-7-5-11-22(24)26(29-25)30-16-14-20(15-17-30)18-19-8-2-1-3-9-19/h1-13,20H,14-18H2. The zero-order valence-corrected chi connectivity index (χ0v) is 17.6. The number of piperidine rings is 1. The third-order valence-electron chi connectivity index (χ3n) is 5.98. The van der Waals surface area contributed by atoms with Gasteiger partial charge in [-0.3, -0.25) is 0 Å². The van der Waals surface area contributed by atoms with Crippen LogP contribution in [0.2, 0.25) is 5.02 Å². The molecule has 0 bridgehead atoms. The van der Waals surface area contributed by atoms with E-state index in [0.717, 1.165) is 47.7 Å². The molecule has 3 nitrogen and oxygen atoms in total. The Bertz CT molecular complexity index is 1150. The molecule has 0 atom stereocenters. The molecule has 0 radical (unpaired) electrons. The van der Waals surface area contributed by atoms with Gasteiger partial charge in [0.15, 0.2) is 5.82 Å². The summed E-state index contributed by atoms with van der Waals surface area (Å²) in [6, 6.07) is 26.9. The molecule has 1 aliphatic rings. The first-order valence-corrected chi connectivity index (χ1v) is 11.0. The zero-order chi connectivity index (χ0) is 20.3. The third kappa shape index (κ3) is 3.90. The van der Waals surface area contributed by atoms with Gasteiger partial charge in [0.05, 0.1) is 10.5 Å². The maximum absolute atomic E-state index is 6.45. The number of para-hydroxylation sites is 1. The van der Waals surface area contributed by atoms with Gasteiger partial charge in [0.1, 0.15) is 5.82 Å². The summed E-state index contributed by atoms with van der Waals surface area (Å²) >= 11 is 6.45. The molecule has 0 aliphatic carbocycles. The molecule has 1 aromatic heterocycles. The molecule has 0 unspecified atom stereocenters. The average molecular weight is 414 g/mol. The lowest BCUT2D eigenvalue weighted by atomic mass is 9.90. The molecule has 1 aliphatic heterocycles. The Balaban J connectivity index is 1.43. The van der Waals surface area contributed by atoms with Crippen LogP contribution >= 0.6 is 11.6 Å². The van der Waals surface area contributed by atoms with E-state index in [4.69, 9.17) is 21.6 Å². The lowest BCUT2D eigenvalue weighted by molar-refractivity contribution is 0.403. The van der Waals surface area contributed by atoms with Gasteiger partial charge in [-0.1, -0.05) is 66.2 Å². The maximum atomic E-state index is 6.45. The number of anilines is 1. The quantitative estimate of drug-likeness (QED) is 0.387. The first-order valence-electron chi connectivity index (χ1n) is 10.6. The van der Waals surface area contributed by atoms with E-state index in [9.17, 15) is 0 Å². The molecule has 0 N–H and O–H groups in total. The number of aromatic nitrogens is 2. The van der Waals surface area contributed by atoms with Crippen molar-refractivity contribution in [3.8, 4) is 11.4 Å². The van der Waals surface area contributed by atoms with Crippen molar-refractivity contribution in [2.45, 2.75) is 19.3 Å². The molecule has 1 saturated heterocycles. The summed E-state index contributed by atoms with van der Waals surface area (Å²) in [7, 11) is 0. The fourth-order valence-corrected chi connectivity index (χ4v) is 4.58. The number of halogens is 1. The second-order valence-electron chi connectivity index (χ2n) is 7.99. The summed E-state index contributed by atoms with van der Waals surface area (Å²) in [5, 5.41) is 1.79. The van der Waals surface area contributed by atoms with Gasteiger partial charge in [-0.05, 0) is 55.0 Å². The monoisotopic (exact) mass is 413 g/mol. The molecule has 0 amide bonds. The molecule has 1 fully saturated rings. The minimum Gasteiger partial charge on any atom is -0.356 e. The SMILES string of the molecule is Clc1ccccc1-c1nc(N2CCC(Cc3ccccc3)CC2)c2ccccc2n1. The van der Waals surface area contributed by atoms with Gasteiger partial charge < -0.3 is 4.90 Å². The van der Waals surface area contributed by atoms with Crippen molar-refractivity contribution in [2.24, 2.45) is 5.92 Å². The molecule has 5 rings (SSSR count). The number of hydrogen-bond acceptors (Lipinski definition) is 3. The molecule has 2 heterocycles. The second-order valence-corrected chi connectivity index (χ2v) is 8.40. The summed E-state index contributed by atoms with van der Waals surface area (Å²) in [6.07, 6.45) is 3.51. The molecule has 0 saturated carbocycles. The van der Waals surface area contributed by atoms with Gasteiger partial charge in [-0.2, -0.15) is 0 Å². The third-order valence-corrected chi connectivity index (χ3v) is 6.31. The van der Waals surface area contributed by atoms with Crippen molar-refractivity contribution in [3.05, 3.63) is 89.4 Å². The number of fused-ring (bicyclic) bond motifs is 1. The van der Waals surface area contributed by atoms with Crippen LogP contribution in [0.1, 0.15) is 18.4 Å². The van der Waals surface area contributed by atoms with E-state index in [-0.39, 0.29) is 0 Å². The predicted octanol–water partition coefficient (Wildman–Crippen LogP) is 6.41. The van der Waals surface area contributed by atoms with Crippen LogP contribution in [0.15, 0.2) is 78.9 Å². The van der Waals surface area contributed by atoms with Gasteiger partial charge in [0.2, 0.25) is 0 Å². The van der Waals surface area contributed by atoms with E-state index >= 15 is 0 Å². The molecule has 0 spiro atoms. The van der Waals surface area contributed by atoms with Gasteiger partial charge in [0, 0.05) is 24.0 Å². The van der Waals surface area contributed by atoms with Crippen LogP contribution in [-0.4, -0.2) is 23.1 Å². The van der Waals surface area contributed by atoms with E-state index in [1.165, 1.54) is 18.4 Å². The lowest BCUT2D eigenvalue weighted by Gasteiger charge is -2.33. The summed E-state index contributed by atoms with van der Waals surface area (Å²) in [4.78, 5) is 12.2. The van der Waals surface area contributed by atoms with Crippen molar-refractivity contribution >= 4 is 28.3 Å². The smallest absolute Gasteiger partial charge is 0.163 e. The van der Waals surface area contributed by atoms with E-state index in [1.54, 1.807) is 0 Å². The Labute approximate surface area is 182 Å². The molecule has 4 aromatic rings. The topological polar surface area (TPSA) is 29.0 Å². The van der Waals surface area contributed by atoms with Crippen molar-refractivity contribution < 1.29 is 0 Å². The van der Waals surface area contributed by atoms with Crippen LogP contribution in [0.4, 0.5) is 5.82 Å². The van der Waals surface area contributed by atoms with E-state index < -0.39 is 0 Å². The summed E-state index contributed by atoms with van der Waals surface area (Å²) in [5.74, 6) is 2.44. The summed E-state index contributed by atoms with van der Waals surface area (Å²) in [5.41, 5.74) is 3.28. The first kappa shape index (κ1) is 19.1. The lowest BCUT2D eigenvalue weighted by Crippen LogP contribution is -2.35. The fourth-order valence-electron chi connectivity index (χ4n) is 4.36. The average Bonchev–Trinajstić information content (AvgIpc) is 2.80. The van der Waals surface area contributed by atoms with Crippen molar-refractivity contribution in [1.29, 1.82) is 0 Å². The maximum Gasteiger partial charge on any atom is 0.163 e. The highest BCUT2D eigenvalue weighted by molar-refractivity contribution is 6.33. The fraction of sp³-hybridized carbons (Fsp3) is 0.231. The Morgan fingerprint density at radius 1 is 0.800 bits per heavy atom. The van der Waals surface area contributed by atoms with Gasteiger partial charge >= 0.3 is 0 Å². The van der Waals surface area contributed by atoms with Crippen molar-refractivity contribution in [3.63, 3.8) is 0 Å². The molecular weight excluding hydrogens is 390 g/mol. The highest BCUT2D eigenvalue weighted by atomic mass is 35.5. The van der Waals surface area contributed by atoms with E-state index in [0.29, 0.717) is 10.8 Å². The van der Waals surface area contributed by atoms with E-state index in [2.05, 4.69) is 53.4 Å². The second kappa shape index (κ2) is 8.45. The number of benzene rings is 3. The largest absolute Gasteiger partial charge is 0.356 e. The summed E-state index contributed by atoms with van der Waals surface area (Å²) < 4.78 is 0. The first-order chi connectivity index (χ1) is 14.8. The van der Waals surface area contributed by atoms with Crippen LogP contribution in [-0.2, 0) is 6.42 Å². The molecule has 150 valence electrons. The number of hydrogen-bond donors (Lipinski definition) is 0. The Morgan fingerprint density at radius 3 is 2.30 bits per heavy atom. The van der Waals surface area contributed by atoms with Gasteiger partial charge in [0.25, 0.3) is 0 Å². The van der Waals surface area contributed by atoms with E-state index in [1.807, 2.05) is 30.3 Å². The highest BCUT2D eigenvalue weighted by Gasteiger charge is 2.23. The van der Waals surface area contributed by atoms with Crippen LogP contribution < -0.4 is 4.90 Å². The van der Waals surface area contributed by atoms with Crippen molar-refractivity contribution in [2.75, 3.05) is 18.0 Å². The Kier molecular flexibility index (Phi) is 5.37. The minimum absolute atomic E-state index is 0.681. The van der Waals surface area contributed by atoms with Crippen LogP contribution in [0.5, 0.6) is 0 Å². The van der Waals surface area contributed by atoms with Crippen LogP contribution in [0, 0.1) is 5.92 Å². The predicted molar refractivity (Wildman–Crippen MR) is 125 cm³/mol.